The molecule has 1 aromatic heterocycles. The van der Waals surface area contributed by atoms with Gasteiger partial charge >= 0.3 is 0 Å². The molecule has 15 heavy (non-hydrogen) atoms. The molecule has 0 bridgehead atoms. The van der Waals surface area contributed by atoms with E-state index in [-0.39, 0.29) is 0 Å². The second-order valence-corrected chi connectivity index (χ2v) is 3.56. The highest BCUT2D eigenvalue weighted by Gasteiger charge is 2.06. The molecule has 2 aromatic rings. The van der Waals surface area contributed by atoms with Gasteiger partial charge in [-0.05, 0) is 24.1 Å². The molecule has 0 fully saturated rings. The number of nitrogens with zero attached hydrogens (tertiary/aromatic N) is 2. The summed E-state index contributed by atoms with van der Waals surface area (Å²) >= 11 is 0. The largest absolute Gasteiger partial charge is 0.496 e. The third-order valence-electron chi connectivity index (χ3n) is 2.62. The molecule has 0 atom stereocenters. The number of hydrogen-bond acceptors (Lipinski definition) is 3. The van der Waals surface area contributed by atoms with E-state index >= 15 is 0 Å². The Kier molecular flexibility index (Phi) is 2.58. The van der Waals surface area contributed by atoms with Gasteiger partial charge in [0.05, 0.1) is 12.6 Å². The maximum Gasteiger partial charge on any atom is 0.142 e. The number of aryl methyl sites for hydroxylation is 1. The van der Waals surface area contributed by atoms with E-state index in [0.717, 1.165) is 28.5 Å². The normalized spacial score (nSPS) is 10.5. The molecule has 0 unspecified atom stereocenters. The Bertz CT molecular complexity index is 499. The lowest BCUT2D eigenvalue weighted by molar-refractivity contribution is 0.411. The lowest BCUT2D eigenvalue weighted by atomic mass is 9.93. The van der Waals surface area contributed by atoms with Gasteiger partial charge in [0.1, 0.15) is 13.6 Å². The van der Waals surface area contributed by atoms with Crippen LogP contribution in [0.15, 0.2) is 18.3 Å². The van der Waals surface area contributed by atoms with Gasteiger partial charge in [-0.15, -0.1) is 0 Å². The van der Waals surface area contributed by atoms with Gasteiger partial charge in [-0.3, -0.25) is 0 Å². The van der Waals surface area contributed by atoms with Crippen molar-refractivity contribution in [3.63, 3.8) is 0 Å². The Hall–Kier alpha value is -1.58. The zero-order chi connectivity index (χ0) is 10.8. The number of fused-ring (bicyclic) bond motifs is 1. The number of benzene rings is 1. The van der Waals surface area contributed by atoms with Crippen molar-refractivity contribution in [1.29, 1.82) is 0 Å². The predicted octanol–water partition coefficient (Wildman–Crippen LogP) is 0.459. The predicted molar refractivity (Wildman–Crippen MR) is 63.6 cm³/mol. The lowest BCUT2D eigenvalue weighted by Crippen LogP contribution is -2.07. The van der Waals surface area contributed by atoms with Crippen molar-refractivity contribution < 1.29 is 4.74 Å². The van der Waals surface area contributed by atoms with Crippen LogP contribution in [0.5, 0.6) is 5.75 Å². The lowest BCUT2D eigenvalue weighted by Gasteiger charge is -2.09. The van der Waals surface area contributed by atoms with Gasteiger partial charge in [-0.2, -0.15) is 10.2 Å². The van der Waals surface area contributed by atoms with Crippen molar-refractivity contribution in [3.8, 4) is 5.75 Å². The highest BCUT2D eigenvalue weighted by atomic mass is 16.5. The van der Waals surface area contributed by atoms with Crippen LogP contribution in [0.3, 0.4) is 0 Å². The van der Waals surface area contributed by atoms with Crippen LogP contribution in [-0.4, -0.2) is 25.2 Å². The van der Waals surface area contributed by atoms with Crippen LogP contribution in [0.2, 0.25) is 0 Å². The molecule has 0 aliphatic carbocycles. The molecule has 2 rings (SSSR count). The molecule has 0 aliphatic heterocycles. The van der Waals surface area contributed by atoms with Crippen molar-refractivity contribution in [3.05, 3.63) is 23.9 Å². The minimum Gasteiger partial charge on any atom is -0.496 e. The fourth-order valence-electron chi connectivity index (χ4n) is 1.72. The van der Waals surface area contributed by atoms with Gasteiger partial charge in [0.2, 0.25) is 0 Å². The molecule has 0 saturated carbocycles. The summed E-state index contributed by atoms with van der Waals surface area (Å²) in [6.45, 7) is 2.10. The number of ether oxygens (including phenoxy) is 1. The van der Waals surface area contributed by atoms with Crippen molar-refractivity contribution in [2.75, 3.05) is 7.11 Å². The highest BCUT2D eigenvalue weighted by molar-refractivity contribution is 6.38. The summed E-state index contributed by atoms with van der Waals surface area (Å²) in [4.78, 5) is 0. The zero-order valence-corrected chi connectivity index (χ0v) is 9.24. The Morgan fingerprint density at radius 1 is 1.40 bits per heavy atom. The molecule has 1 heterocycles. The second-order valence-electron chi connectivity index (χ2n) is 3.56. The van der Waals surface area contributed by atoms with E-state index in [9.17, 15) is 0 Å². The molecule has 4 heteroatoms. The first-order chi connectivity index (χ1) is 7.26. The first-order valence-corrected chi connectivity index (χ1v) is 5.05. The van der Waals surface area contributed by atoms with E-state index in [2.05, 4.69) is 17.1 Å². The molecule has 0 N–H and O–H groups in total. The fraction of sp³-hybridized carbons (Fsp3) is 0.273. The highest BCUT2D eigenvalue weighted by Crippen LogP contribution is 2.23. The van der Waals surface area contributed by atoms with E-state index in [1.807, 2.05) is 20.0 Å². The maximum atomic E-state index is 5.35. The van der Waals surface area contributed by atoms with Crippen molar-refractivity contribution >= 4 is 24.2 Å². The van der Waals surface area contributed by atoms with E-state index in [1.54, 1.807) is 13.3 Å². The zero-order valence-electron chi connectivity index (χ0n) is 9.24. The molecule has 76 valence electrons. The fourth-order valence-corrected chi connectivity index (χ4v) is 1.72. The van der Waals surface area contributed by atoms with Crippen LogP contribution in [0, 0.1) is 0 Å². The van der Waals surface area contributed by atoms with Gasteiger partial charge in [0.25, 0.3) is 0 Å². The molecule has 0 aliphatic rings. The minimum atomic E-state index is 0.932. The van der Waals surface area contributed by atoms with E-state index in [4.69, 9.17) is 4.74 Å². The van der Waals surface area contributed by atoms with Crippen molar-refractivity contribution in [2.24, 2.45) is 0 Å². The van der Waals surface area contributed by atoms with E-state index in [0.29, 0.717) is 0 Å². The molecule has 0 amide bonds. The van der Waals surface area contributed by atoms with E-state index < -0.39 is 0 Å². The molecule has 0 spiro atoms. The number of aromatic nitrogens is 2. The van der Waals surface area contributed by atoms with E-state index in [1.165, 1.54) is 5.56 Å². The average molecular weight is 200 g/mol. The quantitative estimate of drug-likeness (QED) is 0.660. The topological polar surface area (TPSA) is 35.0 Å². The van der Waals surface area contributed by atoms with Crippen LogP contribution in [0.1, 0.15) is 12.5 Å². The van der Waals surface area contributed by atoms with Crippen LogP contribution in [-0.2, 0) is 6.42 Å². The molecule has 3 nitrogen and oxygen atoms in total. The summed E-state index contributed by atoms with van der Waals surface area (Å²) < 4.78 is 5.35. The van der Waals surface area contributed by atoms with Gasteiger partial charge in [-0.25, -0.2) is 0 Å². The molecular weight excluding hydrogens is 187 g/mol. The van der Waals surface area contributed by atoms with Crippen LogP contribution >= 0.6 is 0 Å². The molecule has 1 aromatic carbocycles. The number of hydrogen-bond donors (Lipinski definition) is 0. The van der Waals surface area contributed by atoms with Crippen LogP contribution in [0.25, 0.3) is 10.9 Å². The Balaban J connectivity index is 2.75. The summed E-state index contributed by atoms with van der Waals surface area (Å²) in [5.41, 5.74) is 3.23. The molecule has 0 saturated heterocycles. The van der Waals surface area contributed by atoms with Crippen molar-refractivity contribution in [1.82, 2.24) is 10.2 Å². The SMILES string of the molecule is Bc1cnnc2cc(CC)c(OC)cc12. The maximum absolute atomic E-state index is 5.35. The van der Waals surface area contributed by atoms with Gasteiger partial charge in [-0.1, -0.05) is 12.4 Å². The summed E-state index contributed by atoms with van der Waals surface area (Å²) in [6, 6.07) is 4.09. The Morgan fingerprint density at radius 3 is 2.87 bits per heavy atom. The smallest absolute Gasteiger partial charge is 0.142 e. The number of rotatable bonds is 2. The minimum absolute atomic E-state index is 0.932. The van der Waals surface area contributed by atoms with Gasteiger partial charge in [0.15, 0.2) is 0 Å². The van der Waals surface area contributed by atoms with Gasteiger partial charge in [0, 0.05) is 11.6 Å². The Labute approximate surface area is 89.9 Å². The van der Waals surface area contributed by atoms with Crippen LogP contribution < -0.4 is 10.2 Å². The monoisotopic (exact) mass is 200 g/mol. The third-order valence-corrected chi connectivity index (χ3v) is 2.62. The summed E-state index contributed by atoms with van der Waals surface area (Å²) in [7, 11) is 3.73. The molecule has 0 radical (unpaired) electrons. The van der Waals surface area contributed by atoms with Crippen molar-refractivity contribution in [2.45, 2.75) is 13.3 Å². The first-order valence-electron chi connectivity index (χ1n) is 5.05. The Morgan fingerprint density at radius 2 is 2.20 bits per heavy atom. The summed E-state index contributed by atoms with van der Waals surface area (Å²) in [5, 5.41) is 9.18. The summed E-state index contributed by atoms with van der Waals surface area (Å²) in [5.74, 6) is 0.932. The average Bonchev–Trinajstić information content (AvgIpc) is 2.28. The second kappa shape index (κ2) is 3.89. The van der Waals surface area contributed by atoms with Gasteiger partial charge < -0.3 is 4.74 Å². The van der Waals surface area contributed by atoms with Crippen LogP contribution in [0.4, 0.5) is 0 Å². The first kappa shape index (κ1) is 9.96. The standard InChI is InChI=1S/C11H13BN2O/c1-3-7-4-10-8(5-11(7)15-2)9(12)6-13-14-10/h4-6H,3,12H2,1-2H3. The number of methoxy groups -OCH3 is 1. The summed E-state index contributed by atoms with van der Waals surface area (Å²) in [6.07, 6.45) is 2.71. The molecular formula is C11H13BN2O. The third kappa shape index (κ3) is 1.67.